The second-order valence-electron chi connectivity index (χ2n) is 4.60. The van der Waals surface area contributed by atoms with Gasteiger partial charge in [0.2, 0.25) is 0 Å². The van der Waals surface area contributed by atoms with Gasteiger partial charge in [-0.1, -0.05) is 59.8 Å². The summed E-state index contributed by atoms with van der Waals surface area (Å²) >= 11 is 0. The maximum absolute atomic E-state index is 9.03. The van der Waals surface area contributed by atoms with Crippen LogP contribution in [0.4, 0.5) is 0 Å². The van der Waals surface area contributed by atoms with Crippen molar-refractivity contribution < 1.29 is 9.94 Å². The predicted octanol–water partition coefficient (Wildman–Crippen LogP) is 2.84. The van der Waals surface area contributed by atoms with Crippen LogP contribution in [0.3, 0.4) is 0 Å². The van der Waals surface area contributed by atoms with Crippen LogP contribution in [0.5, 0.6) is 0 Å². The summed E-state index contributed by atoms with van der Waals surface area (Å²) in [6.45, 7) is 0.00903. The van der Waals surface area contributed by atoms with Crippen LogP contribution in [0, 0.1) is 0 Å². The van der Waals surface area contributed by atoms with E-state index in [1.54, 1.807) is 0 Å². The summed E-state index contributed by atoms with van der Waals surface area (Å²) in [5, 5.41) is 13.0. The van der Waals surface area contributed by atoms with Crippen LogP contribution < -0.4 is 0 Å². The fraction of sp³-hybridized carbons (Fsp3) is 0.188. The second kappa shape index (κ2) is 5.24. The zero-order chi connectivity index (χ0) is 13.1. The van der Waals surface area contributed by atoms with Crippen molar-refractivity contribution in [1.29, 1.82) is 0 Å². The molecular weight excluding hydrogens is 238 g/mol. The number of oxime groups is 1. The molecule has 19 heavy (non-hydrogen) atoms. The van der Waals surface area contributed by atoms with E-state index in [2.05, 4.69) is 29.4 Å². The van der Waals surface area contributed by atoms with Crippen molar-refractivity contribution >= 4 is 5.71 Å². The summed E-state index contributed by atoms with van der Waals surface area (Å²) in [6.07, 6.45) is 0.477. The minimum Gasteiger partial charge on any atom is -0.392 e. The molecule has 0 aliphatic carbocycles. The van der Waals surface area contributed by atoms with Crippen LogP contribution in [-0.4, -0.2) is 23.5 Å². The lowest BCUT2D eigenvalue weighted by atomic mass is 10.0. The highest BCUT2D eigenvalue weighted by Gasteiger charge is 2.20. The summed E-state index contributed by atoms with van der Waals surface area (Å²) in [5.41, 5.74) is 4.34. The Labute approximate surface area is 112 Å². The number of hydrogen-bond acceptors (Lipinski definition) is 3. The lowest BCUT2D eigenvalue weighted by Crippen LogP contribution is -2.12. The first-order chi connectivity index (χ1) is 9.36. The molecule has 1 aliphatic heterocycles. The summed E-state index contributed by atoms with van der Waals surface area (Å²) in [7, 11) is 0. The average Bonchev–Trinajstić information content (AvgIpc) is 2.97. The van der Waals surface area contributed by atoms with E-state index < -0.39 is 0 Å². The molecule has 0 fully saturated rings. The molecule has 0 bridgehead atoms. The molecule has 3 nitrogen and oxygen atoms in total. The third kappa shape index (κ3) is 2.51. The van der Waals surface area contributed by atoms with Crippen molar-refractivity contribution in [2.45, 2.75) is 12.5 Å². The van der Waals surface area contributed by atoms with Crippen LogP contribution in [0.25, 0.3) is 11.1 Å². The Balaban J connectivity index is 1.80. The van der Waals surface area contributed by atoms with Crippen molar-refractivity contribution in [1.82, 2.24) is 0 Å². The Kier molecular flexibility index (Phi) is 3.29. The molecule has 3 heteroatoms. The summed E-state index contributed by atoms with van der Waals surface area (Å²) < 4.78 is 0. The fourth-order valence-corrected chi connectivity index (χ4v) is 2.18. The summed E-state index contributed by atoms with van der Waals surface area (Å²) in [5.74, 6) is 0. The van der Waals surface area contributed by atoms with Gasteiger partial charge in [-0.15, -0.1) is 0 Å². The third-order valence-electron chi connectivity index (χ3n) is 3.26. The van der Waals surface area contributed by atoms with E-state index in [9.17, 15) is 0 Å². The van der Waals surface area contributed by atoms with Gasteiger partial charge in [0.25, 0.3) is 0 Å². The molecule has 1 heterocycles. The lowest BCUT2D eigenvalue weighted by molar-refractivity contribution is 0.0390. The molecule has 3 rings (SSSR count). The van der Waals surface area contributed by atoms with Gasteiger partial charge in [0.05, 0.1) is 12.3 Å². The maximum Gasteiger partial charge on any atom is 0.156 e. The monoisotopic (exact) mass is 253 g/mol. The van der Waals surface area contributed by atoms with Gasteiger partial charge in [0, 0.05) is 6.42 Å². The van der Waals surface area contributed by atoms with E-state index in [0.717, 1.165) is 11.3 Å². The van der Waals surface area contributed by atoms with Gasteiger partial charge in [0.15, 0.2) is 6.10 Å². The van der Waals surface area contributed by atoms with Gasteiger partial charge >= 0.3 is 0 Å². The molecule has 1 unspecified atom stereocenters. The molecule has 2 aromatic carbocycles. The Bertz CT molecular complexity index is 575. The first-order valence-corrected chi connectivity index (χ1v) is 6.36. The number of rotatable bonds is 3. The smallest absolute Gasteiger partial charge is 0.156 e. The Morgan fingerprint density at radius 2 is 1.58 bits per heavy atom. The van der Waals surface area contributed by atoms with Gasteiger partial charge < -0.3 is 9.94 Å². The molecule has 0 radical (unpaired) electrons. The molecule has 0 amide bonds. The average molecular weight is 253 g/mol. The Morgan fingerprint density at radius 3 is 2.21 bits per heavy atom. The highest BCUT2D eigenvalue weighted by atomic mass is 16.6. The van der Waals surface area contributed by atoms with Crippen molar-refractivity contribution in [3.05, 3.63) is 60.2 Å². The summed E-state index contributed by atoms with van der Waals surface area (Å²) in [4.78, 5) is 5.12. The largest absolute Gasteiger partial charge is 0.392 e. The SMILES string of the molecule is OCC1CC(c2ccc(-c3ccccc3)cc2)=NO1. The van der Waals surface area contributed by atoms with E-state index in [4.69, 9.17) is 9.94 Å². The number of nitrogens with zero attached hydrogens (tertiary/aromatic N) is 1. The molecular formula is C16H15NO2. The Morgan fingerprint density at radius 1 is 0.947 bits per heavy atom. The molecule has 0 saturated heterocycles. The zero-order valence-electron chi connectivity index (χ0n) is 10.5. The fourth-order valence-electron chi connectivity index (χ4n) is 2.18. The second-order valence-corrected chi connectivity index (χ2v) is 4.60. The minimum atomic E-state index is -0.191. The van der Waals surface area contributed by atoms with E-state index in [0.29, 0.717) is 6.42 Å². The Hall–Kier alpha value is -2.13. The molecule has 0 aromatic heterocycles. The lowest BCUT2D eigenvalue weighted by Gasteiger charge is -2.04. The normalized spacial score (nSPS) is 17.9. The molecule has 0 saturated carbocycles. The number of aliphatic hydroxyl groups excluding tert-OH is 1. The van der Waals surface area contributed by atoms with Crippen LogP contribution in [0.1, 0.15) is 12.0 Å². The molecule has 96 valence electrons. The first-order valence-electron chi connectivity index (χ1n) is 6.36. The van der Waals surface area contributed by atoms with E-state index in [1.165, 1.54) is 11.1 Å². The topological polar surface area (TPSA) is 41.8 Å². The number of aliphatic hydroxyl groups is 1. The van der Waals surface area contributed by atoms with Gasteiger partial charge in [-0.05, 0) is 16.7 Å². The van der Waals surface area contributed by atoms with E-state index in [1.807, 2.05) is 30.3 Å². The van der Waals surface area contributed by atoms with E-state index >= 15 is 0 Å². The van der Waals surface area contributed by atoms with Crippen molar-refractivity contribution in [2.24, 2.45) is 5.16 Å². The highest BCUT2D eigenvalue weighted by Crippen LogP contribution is 2.22. The van der Waals surface area contributed by atoms with Gasteiger partial charge in [-0.2, -0.15) is 0 Å². The number of hydrogen-bond donors (Lipinski definition) is 1. The van der Waals surface area contributed by atoms with Crippen LogP contribution in [-0.2, 0) is 4.84 Å². The predicted molar refractivity (Wildman–Crippen MR) is 75.0 cm³/mol. The summed E-state index contributed by atoms with van der Waals surface area (Å²) in [6, 6.07) is 18.5. The first kappa shape index (κ1) is 11.9. The quantitative estimate of drug-likeness (QED) is 0.913. The van der Waals surface area contributed by atoms with Crippen molar-refractivity contribution in [3.63, 3.8) is 0 Å². The van der Waals surface area contributed by atoms with Gasteiger partial charge in [-0.25, -0.2) is 0 Å². The molecule has 1 aliphatic rings. The van der Waals surface area contributed by atoms with Crippen molar-refractivity contribution in [3.8, 4) is 11.1 Å². The highest BCUT2D eigenvalue weighted by molar-refractivity contribution is 6.01. The zero-order valence-corrected chi connectivity index (χ0v) is 10.5. The minimum absolute atomic E-state index is 0.00903. The van der Waals surface area contributed by atoms with E-state index in [-0.39, 0.29) is 12.7 Å². The van der Waals surface area contributed by atoms with Crippen LogP contribution in [0.15, 0.2) is 59.8 Å². The molecule has 1 atom stereocenters. The molecule has 1 N–H and O–H groups in total. The third-order valence-corrected chi connectivity index (χ3v) is 3.26. The standard InChI is InChI=1S/C16H15NO2/c18-11-15-10-16(17-19-15)14-8-6-13(7-9-14)12-4-2-1-3-5-12/h1-9,15,18H,10-11H2. The van der Waals surface area contributed by atoms with Gasteiger partial charge in [0.1, 0.15) is 0 Å². The maximum atomic E-state index is 9.03. The molecule has 2 aromatic rings. The van der Waals surface area contributed by atoms with Crippen molar-refractivity contribution in [2.75, 3.05) is 6.61 Å². The number of benzene rings is 2. The van der Waals surface area contributed by atoms with Crippen LogP contribution in [0.2, 0.25) is 0 Å². The van der Waals surface area contributed by atoms with Crippen LogP contribution >= 0.6 is 0 Å². The molecule has 0 spiro atoms. The van der Waals surface area contributed by atoms with Gasteiger partial charge in [-0.3, -0.25) is 0 Å².